The number of benzene rings is 2. The maximum atomic E-state index is 13.0. The first-order chi connectivity index (χ1) is 15.1. The third kappa shape index (κ3) is 5.01. The molecule has 0 saturated carbocycles. The molecule has 3 rings (SSSR count). The number of carbonyl (C=O) groups is 1. The number of nitrogens with zero attached hydrogens (tertiary/aromatic N) is 1. The smallest absolute Gasteiger partial charge is 0.261 e. The Labute approximate surface area is 190 Å². The van der Waals surface area contributed by atoms with Crippen molar-refractivity contribution in [1.82, 2.24) is 0 Å². The van der Waals surface area contributed by atoms with Crippen LogP contribution < -0.4 is 19.1 Å². The third-order valence-electron chi connectivity index (χ3n) is 5.28. The summed E-state index contributed by atoms with van der Waals surface area (Å²) in [5, 5.41) is 0. The molecular weight excluding hydrogens is 428 g/mol. The second-order valence-electron chi connectivity index (χ2n) is 8.69. The van der Waals surface area contributed by atoms with E-state index in [2.05, 4.69) is 4.72 Å². The van der Waals surface area contributed by atoms with E-state index >= 15 is 0 Å². The molecule has 1 aliphatic rings. The van der Waals surface area contributed by atoms with E-state index in [4.69, 9.17) is 9.47 Å². The van der Waals surface area contributed by atoms with Gasteiger partial charge in [-0.1, -0.05) is 13.8 Å². The summed E-state index contributed by atoms with van der Waals surface area (Å²) >= 11 is 0. The van der Waals surface area contributed by atoms with Crippen LogP contribution in [0.4, 0.5) is 11.4 Å². The Bertz CT molecular complexity index is 1100. The molecule has 2 aromatic rings. The molecule has 174 valence electrons. The van der Waals surface area contributed by atoms with Gasteiger partial charge in [-0.25, -0.2) is 8.42 Å². The molecule has 1 N–H and O–H groups in total. The van der Waals surface area contributed by atoms with Crippen LogP contribution in [-0.4, -0.2) is 34.1 Å². The van der Waals surface area contributed by atoms with Gasteiger partial charge in [-0.05, 0) is 69.5 Å². The molecule has 7 nitrogen and oxygen atoms in total. The lowest BCUT2D eigenvalue weighted by atomic mass is 9.93. The zero-order valence-corrected chi connectivity index (χ0v) is 20.2. The van der Waals surface area contributed by atoms with Gasteiger partial charge in [0.05, 0.1) is 28.3 Å². The van der Waals surface area contributed by atoms with Gasteiger partial charge in [0.15, 0.2) is 0 Å². The van der Waals surface area contributed by atoms with Gasteiger partial charge < -0.3 is 14.4 Å². The molecule has 1 aliphatic heterocycles. The first kappa shape index (κ1) is 23.9. The van der Waals surface area contributed by atoms with Crippen molar-refractivity contribution in [2.45, 2.75) is 52.4 Å². The Hall–Kier alpha value is -2.74. The largest absolute Gasteiger partial charge is 0.493 e. The van der Waals surface area contributed by atoms with Crippen molar-refractivity contribution in [2.75, 3.05) is 29.4 Å². The lowest BCUT2D eigenvalue weighted by Crippen LogP contribution is -2.42. The van der Waals surface area contributed by atoms with Crippen LogP contribution in [0.25, 0.3) is 0 Å². The van der Waals surface area contributed by atoms with Crippen LogP contribution in [0.5, 0.6) is 11.5 Å². The fourth-order valence-corrected chi connectivity index (χ4v) is 4.67. The fourth-order valence-electron chi connectivity index (χ4n) is 3.53. The quantitative estimate of drug-likeness (QED) is 0.615. The number of hydrogen-bond donors (Lipinski definition) is 1. The highest BCUT2D eigenvalue weighted by molar-refractivity contribution is 7.92. The average molecular weight is 461 g/mol. The minimum atomic E-state index is -3.81. The number of rotatable bonds is 8. The van der Waals surface area contributed by atoms with Crippen molar-refractivity contribution >= 4 is 27.3 Å². The Morgan fingerprint density at radius 1 is 1.12 bits per heavy atom. The molecule has 0 spiro atoms. The number of ether oxygens (including phenoxy) is 2. The summed E-state index contributed by atoms with van der Waals surface area (Å²) in [5.74, 6) is 1.15. The first-order valence-corrected chi connectivity index (χ1v) is 12.4. The molecule has 32 heavy (non-hydrogen) atoms. The fraction of sp³-hybridized carbons (Fsp3) is 0.458. The van der Waals surface area contributed by atoms with Crippen molar-refractivity contribution in [3.63, 3.8) is 0 Å². The molecule has 0 aliphatic carbocycles. The Morgan fingerprint density at radius 2 is 1.88 bits per heavy atom. The molecule has 0 saturated heterocycles. The SMILES string of the molecule is CCCOc1ccc(S(=O)(=O)Nc2ccc3c(c2)OCC(C)(C)C(=O)N3CCC)cc1C. The van der Waals surface area contributed by atoms with E-state index in [1.54, 1.807) is 35.2 Å². The van der Waals surface area contributed by atoms with Gasteiger partial charge in [-0.2, -0.15) is 0 Å². The van der Waals surface area contributed by atoms with E-state index in [0.717, 1.165) is 18.4 Å². The van der Waals surface area contributed by atoms with Crippen molar-refractivity contribution in [1.29, 1.82) is 0 Å². The lowest BCUT2D eigenvalue weighted by Gasteiger charge is -2.27. The van der Waals surface area contributed by atoms with Crippen molar-refractivity contribution < 1.29 is 22.7 Å². The second kappa shape index (κ2) is 9.40. The number of aryl methyl sites for hydroxylation is 1. The van der Waals surface area contributed by atoms with Crippen LogP contribution in [0.2, 0.25) is 0 Å². The summed E-state index contributed by atoms with van der Waals surface area (Å²) in [6, 6.07) is 9.82. The van der Waals surface area contributed by atoms with E-state index in [-0.39, 0.29) is 17.4 Å². The molecule has 0 bridgehead atoms. The summed E-state index contributed by atoms with van der Waals surface area (Å²) in [7, 11) is -3.81. The van der Waals surface area contributed by atoms with Crippen molar-refractivity contribution in [3.8, 4) is 11.5 Å². The van der Waals surface area contributed by atoms with Crippen molar-refractivity contribution in [2.24, 2.45) is 5.41 Å². The van der Waals surface area contributed by atoms with Crippen LogP contribution in [-0.2, 0) is 14.8 Å². The highest BCUT2D eigenvalue weighted by atomic mass is 32.2. The van der Waals surface area contributed by atoms with E-state index in [0.29, 0.717) is 36.0 Å². The molecule has 0 fully saturated rings. The van der Waals surface area contributed by atoms with E-state index in [1.165, 1.54) is 6.07 Å². The summed E-state index contributed by atoms with van der Waals surface area (Å²) in [6.45, 7) is 10.9. The maximum absolute atomic E-state index is 13.0. The van der Waals surface area contributed by atoms with Gasteiger partial charge in [0.25, 0.3) is 10.0 Å². The molecule has 0 atom stereocenters. The lowest BCUT2D eigenvalue weighted by molar-refractivity contribution is -0.127. The normalized spacial score (nSPS) is 15.5. The monoisotopic (exact) mass is 460 g/mol. The minimum absolute atomic E-state index is 0.00714. The van der Waals surface area contributed by atoms with Crippen LogP contribution in [0, 0.1) is 12.3 Å². The highest BCUT2D eigenvalue weighted by Gasteiger charge is 2.37. The van der Waals surface area contributed by atoms with Gasteiger partial charge in [0.2, 0.25) is 5.91 Å². The van der Waals surface area contributed by atoms with Crippen LogP contribution in [0.3, 0.4) is 0 Å². The number of sulfonamides is 1. The summed E-state index contributed by atoms with van der Waals surface area (Å²) in [6.07, 6.45) is 1.67. The first-order valence-electron chi connectivity index (χ1n) is 10.9. The predicted molar refractivity (Wildman–Crippen MR) is 126 cm³/mol. The molecular formula is C24H32N2O5S. The molecule has 1 amide bonds. The average Bonchev–Trinajstić information content (AvgIpc) is 2.83. The summed E-state index contributed by atoms with van der Waals surface area (Å²) < 4.78 is 40.1. The van der Waals surface area contributed by atoms with Gasteiger partial charge in [-0.3, -0.25) is 9.52 Å². The Morgan fingerprint density at radius 3 is 2.53 bits per heavy atom. The standard InChI is InChI=1S/C24H32N2O5S/c1-6-12-26-20-10-8-18(15-22(20)31-16-24(4,5)23(26)27)25-32(28,29)19-9-11-21(17(3)14-19)30-13-7-2/h8-11,14-15,25H,6-7,12-13,16H2,1-5H3. The number of amides is 1. The van der Waals surface area contributed by atoms with Gasteiger partial charge >= 0.3 is 0 Å². The zero-order chi connectivity index (χ0) is 23.5. The number of anilines is 2. The van der Waals surface area contributed by atoms with Crippen molar-refractivity contribution in [3.05, 3.63) is 42.0 Å². The van der Waals surface area contributed by atoms with E-state index < -0.39 is 15.4 Å². The van der Waals surface area contributed by atoms with E-state index in [9.17, 15) is 13.2 Å². The number of nitrogens with one attached hydrogen (secondary N) is 1. The second-order valence-corrected chi connectivity index (χ2v) is 10.4. The molecule has 0 radical (unpaired) electrons. The molecule has 0 aromatic heterocycles. The van der Waals surface area contributed by atoms with Gasteiger partial charge in [0.1, 0.15) is 18.1 Å². The molecule has 0 unspecified atom stereocenters. The number of carbonyl (C=O) groups excluding carboxylic acids is 1. The minimum Gasteiger partial charge on any atom is -0.493 e. The predicted octanol–water partition coefficient (Wildman–Crippen LogP) is 4.75. The van der Waals surface area contributed by atoms with Gasteiger partial charge in [0, 0.05) is 12.6 Å². The van der Waals surface area contributed by atoms with Gasteiger partial charge in [-0.15, -0.1) is 0 Å². The highest BCUT2D eigenvalue weighted by Crippen LogP contribution is 2.38. The van der Waals surface area contributed by atoms with E-state index in [1.807, 2.05) is 34.6 Å². The maximum Gasteiger partial charge on any atom is 0.261 e. The molecule has 8 heteroatoms. The Balaban J connectivity index is 1.88. The van der Waals surface area contributed by atoms with Crippen LogP contribution >= 0.6 is 0 Å². The van der Waals surface area contributed by atoms with Crippen LogP contribution in [0.15, 0.2) is 41.3 Å². The summed E-state index contributed by atoms with van der Waals surface area (Å²) in [4.78, 5) is 14.8. The third-order valence-corrected chi connectivity index (χ3v) is 6.66. The van der Waals surface area contributed by atoms with Crippen LogP contribution in [0.1, 0.15) is 46.1 Å². The zero-order valence-electron chi connectivity index (χ0n) is 19.4. The molecule has 1 heterocycles. The topological polar surface area (TPSA) is 84.9 Å². The number of hydrogen-bond acceptors (Lipinski definition) is 5. The summed E-state index contributed by atoms with van der Waals surface area (Å²) in [5.41, 5.74) is 1.10. The number of fused-ring (bicyclic) bond motifs is 1. The Kier molecular flexibility index (Phi) is 7.03. The molecule has 2 aromatic carbocycles.